The number of rotatable bonds is 2. The van der Waals surface area contributed by atoms with Crippen LogP contribution >= 0.6 is 0 Å². The highest BCUT2D eigenvalue weighted by atomic mass is 28.3. The molecule has 0 unspecified atom stereocenters. The molecule has 1 aliphatic rings. The van der Waals surface area contributed by atoms with Crippen molar-refractivity contribution in [1.29, 1.82) is 0 Å². The Hall–Kier alpha value is -3.88. The van der Waals surface area contributed by atoms with E-state index in [9.17, 15) is 0 Å². The fourth-order valence-corrected chi connectivity index (χ4v) is 11.3. The third-order valence-electron chi connectivity index (χ3n) is 7.20. The smallest absolute Gasteiger partial charge is 0.181 e. The van der Waals surface area contributed by atoms with Gasteiger partial charge in [0.1, 0.15) is 11.2 Å². The molecule has 0 aliphatic carbocycles. The molecule has 0 radical (unpaired) electrons. The predicted molar refractivity (Wildman–Crippen MR) is 141 cm³/mol. The van der Waals surface area contributed by atoms with Crippen molar-refractivity contribution in [3.63, 3.8) is 0 Å². The van der Waals surface area contributed by atoms with Crippen LogP contribution in [0.3, 0.4) is 0 Å². The van der Waals surface area contributed by atoms with E-state index in [0.717, 1.165) is 11.2 Å². The second-order valence-corrected chi connectivity index (χ2v) is 12.7. The SMILES string of the molecule is Cc1ccc2c(c1)-c1ccc3oc4ccccc4c3c1[Si]2(c1ccccc1)c1ccccc1. The maximum Gasteiger partial charge on any atom is 0.181 e. The van der Waals surface area contributed by atoms with Crippen LogP contribution < -0.4 is 20.7 Å². The van der Waals surface area contributed by atoms with Crippen molar-refractivity contribution >= 4 is 50.8 Å². The summed E-state index contributed by atoms with van der Waals surface area (Å²) in [6.07, 6.45) is 0. The van der Waals surface area contributed by atoms with Gasteiger partial charge in [0.25, 0.3) is 0 Å². The largest absolute Gasteiger partial charge is 0.456 e. The molecule has 156 valence electrons. The van der Waals surface area contributed by atoms with Gasteiger partial charge in [-0.3, -0.25) is 0 Å². The summed E-state index contributed by atoms with van der Waals surface area (Å²) in [4.78, 5) is 0. The van der Waals surface area contributed by atoms with Crippen LogP contribution in [0.4, 0.5) is 0 Å². The van der Waals surface area contributed by atoms with E-state index in [-0.39, 0.29) is 0 Å². The molecule has 0 fully saturated rings. The van der Waals surface area contributed by atoms with E-state index < -0.39 is 8.07 Å². The van der Waals surface area contributed by atoms with Gasteiger partial charge in [-0.1, -0.05) is 109 Å². The Bertz CT molecular complexity index is 1620. The Balaban J connectivity index is 1.77. The first-order valence-electron chi connectivity index (χ1n) is 11.5. The lowest BCUT2D eigenvalue weighted by Gasteiger charge is -2.31. The Morgan fingerprint density at radius 1 is 0.576 bits per heavy atom. The van der Waals surface area contributed by atoms with Gasteiger partial charge in [0, 0.05) is 10.8 Å². The predicted octanol–water partition coefficient (Wildman–Crippen LogP) is 5.25. The van der Waals surface area contributed by atoms with Crippen molar-refractivity contribution in [2.45, 2.75) is 6.92 Å². The molecule has 0 amide bonds. The van der Waals surface area contributed by atoms with Gasteiger partial charge in [0.15, 0.2) is 8.07 Å². The quantitative estimate of drug-likeness (QED) is 0.336. The van der Waals surface area contributed by atoms with Gasteiger partial charge in [-0.05, 0) is 50.9 Å². The third kappa shape index (κ3) is 2.41. The number of aryl methyl sites for hydroxylation is 1. The summed E-state index contributed by atoms with van der Waals surface area (Å²) < 4.78 is 6.39. The molecule has 0 saturated carbocycles. The van der Waals surface area contributed by atoms with Gasteiger partial charge in [0.2, 0.25) is 0 Å². The zero-order chi connectivity index (χ0) is 22.0. The standard InChI is InChI=1S/C31H22OSi/c1-21-16-19-29-26(20-21)24-17-18-28-30(25-14-8-9-15-27(25)32-28)31(24)33(29,22-10-4-2-5-11-22)23-12-6-3-7-13-23/h2-20H,1H3. The van der Waals surface area contributed by atoms with Crippen LogP contribution in [0.15, 0.2) is 120 Å². The van der Waals surface area contributed by atoms with E-state index in [2.05, 4.69) is 122 Å². The zero-order valence-corrected chi connectivity index (χ0v) is 19.4. The van der Waals surface area contributed by atoms with Crippen LogP contribution in [0.25, 0.3) is 33.1 Å². The van der Waals surface area contributed by atoms with Gasteiger partial charge < -0.3 is 4.42 Å². The second kappa shape index (κ2) is 6.81. The molecule has 0 spiro atoms. The fourth-order valence-electron chi connectivity index (χ4n) is 5.92. The van der Waals surface area contributed by atoms with E-state index in [1.54, 1.807) is 0 Å². The van der Waals surface area contributed by atoms with Crippen LogP contribution in [0, 0.1) is 6.92 Å². The molecule has 0 N–H and O–H groups in total. The average Bonchev–Trinajstić information content (AvgIpc) is 3.38. The third-order valence-corrected chi connectivity index (χ3v) is 12.1. The summed E-state index contributed by atoms with van der Waals surface area (Å²) in [6.45, 7) is 2.19. The molecular formula is C31H22OSi. The van der Waals surface area contributed by atoms with E-state index in [0.29, 0.717) is 0 Å². The number of furan rings is 1. The molecular weight excluding hydrogens is 416 g/mol. The molecule has 2 heterocycles. The Kier molecular flexibility index (Phi) is 3.85. The summed E-state index contributed by atoms with van der Waals surface area (Å²) in [5.41, 5.74) is 5.95. The van der Waals surface area contributed by atoms with E-state index in [1.807, 2.05) is 0 Å². The monoisotopic (exact) mass is 438 g/mol. The van der Waals surface area contributed by atoms with E-state index >= 15 is 0 Å². The van der Waals surface area contributed by atoms with Crippen LogP contribution in [0.5, 0.6) is 0 Å². The first kappa shape index (κ1) is 18.7. The topological polar surface area (TPSA) is 13.1 Å². The molecule has 6 aromatic rings. The van der Waals surface area contributed by atoms with Crippen LogP contribution in [-0.4, -0.2) is 8.07 Å². The molecule has 2 heteroatoms. The molecule has 0 atom stereocenters. The average molecular weight is 439 g/mol. The van der Waals surface area contributed by atoms with Gasteiger partial charge >= 0.3 is 0 Å². The van der Waals surface area contributed by atoms with Crippen molar-refractivity contribution < 1.29 is 4.42 Å². The Morgan fingerprint density at radius 3 is 1.97 bits per heavy atom. The second-order valence-electron chi connectivity index (χ2n) is 8.99. The highest BCUT2D eigenvalue weighted by Gasteiger charge is 2.50. The van der Waals surface area contributed by atoms with E-state index in [1.165, 1.54) is 48.2 Å². The molecule has 0 bridgehead atoms. The van der Waals surface area contributed by atoms with Crippen LogP contribution in [0.2, 0.25) is 0 Å². The van der Waals surface area contributed by atoms with Crippen LogP contribution in [-0.2, 0) is 0 Å². The van der Waals surface area contributed by atoms with Gasteiger partial charge in [0.05, 0.1) is 0 Å². The Morgan fingerprint density at radius 2 is 1.24 bits per heavy atom. The number of benzene rings is 5. The molecule has 33 heavy (non-hydrogen) atoms. The van der Waals surface area contributed by atoms with Crippen molar-refractivity contribution in [1.82, 2.24) is 0 Å². The Labute approximate surface area is 194 Å². The normalized spacial score (nSPS) is 13.8. The molecule has 5 aromatic carbocycles. The zero-order valence-electron chi connectivity index (χ0n) is 18.4. The lowest BCUT2D eigenvalue weighted by atomic mass is 10.0. The minimum absolute atomic E-state index is 0.956. The van der Waals surface area contributed by atoms with Gasteiger partial charge in [-0.2, -0.15) is 0 Å². The summed E-state index contributed by atoms with van der Waals surface area (Å²) in [5.74, 6) is 0. The number of hydrogen-bond acceptors (Lipinski definition) is 1. The highest BCUT2D eigenvalue weighted by molar-refractivity contribution is 7.23. The van der Waals surface area contributed by atoms with Crippen LogP contribution in [0.1, 0.15) is 5.56 Å². The number of para-hydroxylation sites is 1. The fraction of sp³-hybridized carbons (Fsp3) is 0.0323. The van der Waals surface area contributed by atoms with Crippen molar-refractivity contribution in [2.24, 2.45) is 0 Å². The molecule has 7 rings (SSSR count). The summed E-state index contributed by atoms with van der Waals surface area (Å²) >= 11 is 0. The molecule has 1 nitrogen and oxygen atoms in total. The first-order valence-corrected chi connectivity index (χ1v) is 13.5. The molecule has 0 saturated heterocycles. The summed E-state index contributed by atoms with van der Waals surface area (Å²) in [7, 11) is -2.55. The first-order chi connectivity index (χ1) is 16.3. The number of hydrogen-bond donors (Lipinski definition) is 0. The lowest BCUT2D eigenvalue weighted by molar-refractivity contribution is 0.669. The molecule has 1 aliphatic heterocycles. The van der Waals surface area contributed by atoms with Crippen molar-refractivity contribution in [3.8, 4) is 11.1 Å². The molecule has 1 aromatic heterocycles. The maximum absolute atomic E-state index is 6.39. The highest BCUT2D eigenvalue weighted by Crippen LogP contribution is 2.37. The minimum atomic E-state index is -2.55. The summed E-state index contributed by atoms with van der Waals surface area (Å²) in [6, 6.07) is 42.3. The minimum Gasteiger partial charge on any atom is -0.456 e. The van der Waals surface area contributed by atoms with Crippen molar-refractivity contribution in [2.75, 3.05) is 0 Å². The summed E-state index contributed by atoms with van der Waals surface area (Å²) in [5, 5.41) is 8.24. The van der Waals surface area contributed by atoms with E-state index in [4.69, 9.17) is 4.42 Å². The lowest BCUT2D eigenvalue weighted by Crippen LogP contribution is -2.72. The van der Waals surface area contributed by atoms with Gasteiger partial charge in [-0.25, -0.2) is 0 Å². The maximum atomic E-state index is 6.39. The van der Waals surface area contributed by atoms with Crippen molar-refractivity contribution in [3.05, 3.63) is 121 Å². The van der Waals surface area contributed by atoms with Gasteiger partial charge in [-0.15, -0.1) is 0 Å². The number of fused-ring (bicyclic) bond motifs is 7.